The van der Waals surface area contributed by atoms with Gasteiger partial charge in [0.05, 0.1) is 11.1 Å². The van der Waals surface area contributed by atoms with Crippen LogP contribution in [-0.2, 0) is 5.41 Å². The van der Waals surface area contributed by atoms with Gasteiger partial charge < -0.3 is 10.2 Å². The maximum absolute atomic E-state index is 11.0. The molecule has 0 heterocycles. The topological polar surface area (TPSA) is 74.6 Å². The molecule has 0 aromatic heterocycles. The summed E-state index contributed by atoms with van der Waals surface area (Å²) in [4.78, 5) is 21.8. The molecule has 0 unspecified atom stereocenters. The molecule has 0 atom stereocenters. The van der Waals surface area contributed by atoms with Crippen molar-refractivity contribution in [3.05, 3.63) is 34.9 Å². The van der Waals surface area contributed by atoms with E-state index in [4.69, 9.17) is 10.2 Å². The van der Waals surface area contributed by atoms with Gasteiger partial charge in [0.25, 0.3) is 0 Å². The van der Waals surface area contributed by atoms with Gasteiger partial charge in [-0.1, -0.05) is 20.8 Å². The summed E-state index contributed by atoms with van der Waals surface area (Å²) >= 11 is 0. The fourth-order valence-corrected chi connectivity index (χ4v) is 1.48. The summed E-state index contributed by atoms with van der Waals surface area (Å²) in [5.74, 6) is -2.09. The molecule has 6 heteroatoms. The second kappa shape index (κ2) is 8.17. The molecule has 0 aliphatic carbocycles. The van der Waals surface area contributed by atoms with Crippen molar-refractivity contribution in [1.29, 1.82) is 0 Å². The van der Waals surface area contributed by atoms with Crippen LogP contribution in [0.3, 0.4) is 0 Å². The van der Waals surface area contributed by atoms with Crippen molar-refractivity contribution in [1.82, 2.24) is 0 Å². The summed E-state index contributed by atoms with van der Waals surface area (Å²) in [6.45, 7) is 5.54. The van der Waals surface area contributed by atoms with Crippen LogP contribution in [0.1, 0.15) is 47.1 Å². The van der Waals surface area contributed by atoms with E-state index in [1.165, 1.54) is 18.2 Å². The first-order valence-electron chi connectivity index (χ1n) is 4.84. The second-order valence-corrected chi connectivity index (χ2v) is 4.62. The van der Waals surface area contributed by atoms with Crippen molar-refractivity contribution < 1.29 is 19.8 Å². The SMILES string of the molecule is CC(C)(C)c1cc(C(=O)O)ccc1C(=O)O.[KH].[NaH]. The third kappa shape index (κ3) is 5.42. The normalized spacial score (nSPS) is 9.94. The van der Waals surface area contributed by atoms with E-state index in [9.17, 15) is 9.59 Å². The summed E-state index contributed by atoms with van der Waals surface area (Å²) in [6, 6.07) is 4.07. The van der Waals surface area contributed by atoms with Crippen LogP contribution in [0.4, 0.5) is 0 Å². The van der Waals surface area contributed by atoms with Gasteiger partial charge in [-0.05, 0) is 29.2 Å². The number of rotatable bonds is 2. The first-order valence-corrected chi connectivity index (χ1v) is 4.84. The van der Waals surface area contributed by atoms with E-state index in [2.05, 4.69) is 0 Å². The van der Waals surface area contributed by atoms with Crippen molar-refractivity contribution in [2.45, 2.75) is 26.2 Å². The number of carboxylic acid groups (broad SMARTS) is 2. The molecule has 90 valence electrons. The number of hydrogen-bond donors (Lipinski definition) is 2. The van der Waals surface area contributed by atoms with Crippen LogP contribution in [-0.4, -0.2) is 103 Å². The van der Waals surface area contributed by atoms with E-state index in [0.29, 0.717) is 5.56 Å². The minimum absolute atomic E-state index is 0. The molecule has 0 fully saturated rings. The number of hydrogen-bond acceptors (Lipinski definition) is 2. The standard InChI is InChI=1S/C12H14O4.K.Na.2H/c1-12(2,3)9-6-7(10(13)14)4-5-8(9)11(15)16;;;;/h4-6H,1-3H3,(H,13,14)(H,15,16);;;;. The van der Waals surface area contributed by atoms with Gasteiger partial charge in [0.15, 0.2) is 0 Å². The Morgan fingerprint density at radius 2 is 1.56 bits per heavy atom. The van der Waals surface area contributed by atoms with Crippen LogP contribution in [0, 0.1) is 0 Å². The first kappa shape index (κ1) is 21.1. The van der Waals surface area contributed by atoms with Gasteiger partial charge in [-0.2, -0.15) is 0 Å². The molecule has 2 N–H and O–H groups in total. The Labute approximate surface area is 171 Å². The molecule has 0 aliphatic rings. The Morgan fingerprint density at radius 3 is 1.89 bits per heavy atom. The molecule has 4 nitrogen and oxygen atoms in total. The predicted molar refractivity (Wildman–Crippen MR) is 73.4 cm³/mol. The van der Waals surface area contributed by atoms with Crippen molar-refractivity contribution in [3.8, 4) is 0 Å². The van der Waals surface area contributed by atoms with Crippen molar-refractivity contribution in [3.63, 3.8) is 0 Å². The Bertz CT molecular complexity index is 452. The fourth-order valence-electron chi connectivity index (χ4n) is 1.48. The molecular formula is C12H16KNaO4. The van der Waals surface area contributed by atoms with Gasteiger partial charge in [0.2, 0.25) is 0 Å². The van der Waals surface area contributed by atoms with E-state index >= 15 is 0 Å². The van der Waals surface area contributed by atoms with Crippen molar-refractivity contribution in [2.75, 3.05) is 0 Å². The third-order valence-electron chi connectivity index (χ3n) is 2.30. The first-order chi connectivity index (χ1) is 7.23. The van der Waals surface area contributed by atoms with Crippen molar-refractivity contribution >= 4 is 92.9 Å². The van der Waals surface area contributed by atoms with E-state index < -0.39 is 17.4 Å². The number of benzene rings is 1. The minimum atomic E-state index is -1.05. The van der Waals surface area contributed by atoms with Gasteiger partial charge in [0, 0.05) is 0 Å². The van der Waals surface area contributed by atoms with Crippen LogP contribution >= 0.6 is 0 Å². The summed E-state index contributed by atoms with van der Waals surface area (Å²) in [7, 11) is 0. The molecule has 0 spiro atoms. The zero-order valence-electron chi connectivity index (χ0n) is 9.44. The van der Waals surface area contributed by atoms with Crippen LogP contribution in [0.25, 0.3) is 0 Å². The van der Waals surface area contributed by atoms with E-state index in [-0.39, 0.29) is 92.1 Å². The molecule has 18 heavy (non-hydrogen) atoms. The molecule has 1 aromatic carbocycles. The molecule has 0 saturated heterocycles. The molecule has 0 radical (unpaired) electrons. The zero-order chi connectivity index (χ0) is 12.5. The predicted octanol–water partition coefficient (Wildman–Crippen LogP) is 1.08. The summed E-state index contributed by atoms with van der Waals surface area (Å²) in [5.41, 5.74) is 0.381. The molecular weight excluding hydrogens is 270 g/mol. The van der Waals surface area contributed by atoms with E-state index in [1.54, 1.807) is 0 Å². The van der Waals surface area contributed by atoms with Gasteiger partial charge >= 0.3 is 92.9 Å². The molecule has 1 rings (SSSR count). The molecule has 1 aromatic rings. The quantitative estimate of drug-likeness (QED) is 0.798. The maximum atomic E-state index is 11.0. The Morgan fingerprint density at radius 1 is 1.06 bits per heavy atom. The molecule has 0 bridgehead atoms. The number of carboxylic acids is 2. The van der Waals surface area contributed by atoms with Gasteiger partial charge in [-0.3, -0.25) is 0 Å². The Hall–Kier alpha value is 0.796. The summed E-state index contributed by atoms with van der Waals surface area (Å²) < 4.78 is 0. The van der Waals surface area contributed by atoms with Crippen LogP contribution in [0.2, 0.25) is 0 Å². The summed E-state index contributed by atoms with van der Waals surface area (Å²) in [5, 5.41) is 17.9. The number of aromatic carboxylic acids is 2. The monoisotopic (exact) mass is 286 g/mol. The van der Waals surface area contributed by atoms with E-state index in [1.807, 2.05) is 20.8 Å². The average Bonchev–Trinajstić information content (AvgIpc) is 2.15. The van der Waals surface area contributed by atoms with Crippen LogP contribution in [0.15, 0.2) is 18.2 Å². The Balaban J connectivity index is 0. The van der Waals surface area contributed by atoms with Gasteiger partial charge in [-0.25, -0.2) is 9.59 Å². The number of carbonyl (C=O) groups is 2. The summed E-state index contributed by atoms with van der Waals surface area (Å²) in [6.07, 6.45) is 0. The van der Waals surface area contributed by atoms with E-state index in [0.717, 1.165) is 0 Å². The molecule has 0 amide bonds. The average molecular weight is 286 g/mol. The fraction of sp³-hybridized carbons (Fsp3) is 0.333. The molecule has 0 saturated carbocycles. The van der Waals surface area contributed by atoms with Crippen molar-refractivity contribution in [2.24, 2.45) is 0 Å². The Kier molecular flexibility index (Phi) is 9.57. The van der Waals surface area contributed by atoms with Gasteiger partial charge in [-0.15, -0.1) is 0 Å². The zero-order valence-corrected chi connectivity index (χ0v) is 9.44. The van der Waals surface area contributed by atoms with Crippen LogP contribution in [0.5, 0.6) is 0 Å². The van der Waals surface area contributed by atoms with Gasteiger partial charge in [0.1, 0.15) is 0 Å². The second-order valence-electron chi connectivity index (χ2n) is 4.62. The van der Waals surface area contributed by atoms with Crippen LogP contribution < -0.4 is 0 Å². The molecule has 0 aliphatic heterocycles. The third-order valence-corrected chi connectivity index (χ3v) is 2.30.